The molecule has 1 amide bonds. The van der Waals surface area contributed by atoms with Gasteiger partial charge in [0, 0.05) is 11.6 Å². The van der Waals surface area contributed by atoms with Crippen molar-refractivity contribution in [3.63, 3.8) is 0 Å². The van der Waals surface area contributed by atoms with Gasteiger partial charge in [0.15, 0.2) is 0 Å². The Hall–Kier alpha value is -1.32. The number of amides is 1. The van der Waals surface area contributed by atoms with Crippen LogP contribution >= 0.6 is 11.6 Å². The smallest absolute Gasteiger partial charge is 0.229 e. The van der Waals surface area contributed by atoms with Crippen LogP contribution in [0.5, 0.6) is 0 Å². The first-order valence-electron chi connectivity index (χ1n) is 10.3. The summed E-state index contributed by atoms with van der Waals surface area (Å²) in [4.78, 5) is 15.9. The van der Waals surface area contributed by atoms with Gasteiger partial charge < -0.3 is 9.64 Å². The fraction of sp³-hybridized carbons (Fsp3) is 0.609. The van der Waals surface area contributed by atoms with Crippen LogP contribution in [0.4, 0.5) is 0 Å². The fourth-order valence-electron chi connectivity index (χ4n) is 4.76. The molecule has 0 bridgehead atoms. The van der Waals surface area contributed by atoms with Gasteiger partial charge in [-0.15, -0.1) is 6.58 Å². The lowest BCUT2D eigenvalue weighted by Gasteiger charge is -2.50. The van der Waals surface area contributed by atoms with Gasteiger partial charge in [0.05, 0.1) is 23.6 Å². The fourth-order valence-corrected chi connectivity index (χ4v) is 4.89. The summed E-state index contributed by atoms with van der Waals surface area (Å²) in [6, 6.07) is 8.19. The highest BCUT2D eigenvalue weighted by molar-refractivity contribution is 6.30. The van der Waals surface area contributed by atoms with E-state index in [1.807, 2.05) is 18.2 Å². The number of nitrogens with zero attached hydrogens (tertiary/aromatic N) is 1. The molecule has 3 nitrogen and oxygen atoms in total. The second-order valence-corrected chi connectivity index (χ2v) is 8.69. The third-order valence-electron chi connectivity index (χ3n) is 6.33. The summed E-state index contributed by atoms with van der Waals surface area (Å²) >= 11 is 6.10. The molecule has 3 rings (SSSR count). The van der Waals surface area contributed by atoms with E-state index in [2.05, 4.69) is 37.5 Å². The number of carbonyl (C=O) groups excluding carboxylic acids is 1. The lowest BCUT2D eigenvalue weighted by molar-refractivity contribution is -0.159. The quantitative estimate of drug-likeness (QED) is 0.564. The molecule has 1 aromatic rings. The first kappa shape index (κ1) is 20.4. The number of halogens is 1. The number of hydrogen-bond acceptors (Lipinski definition) is 2. The van der Waals surface area contributed by atoms with E-state index >= 15 is 0 Å². The van der Waals surface area contributed by atoms with E-state index in [-0.39, 0.29) is 29.5 Å². The summed E-state index contributed by atoms with van der Waals surface area (Å²) in [6.07, 6.45) is 8.82. The van der Waals surface area contributed by atoms with Crippen LogP contribution in [0, 0.1) is 5.41 Å². The molecule has 2 aliphatic rings. The predicted molar refractivity (Wildman–Crippen MR) is 111 cm³/mol. The Morgan fingerprint density at radius 1 is 1.33 bits per heavy atom. The molecule has 2 heterocycles. The number of likely N-dealkylation sites (tertiary alicyclic amines) is 1. The monoisotopic (exact) mass is 389 g/mol. The molecular weight excluding hydrogens is 358 g/mol. The zero-order chi connectivity index (χ0) is 19.4. The molecule has 0 aromatic heterocycles. The Bertz CT molecular complexity index is 653. The lowest BCUT2D eigenvalue weighted by atomic mass is 9.73. The minimum Gasteiger partial charge on any atom is -0.376 e. The summed E-state index contributed by atoms with van der Waals surface area (Å²) in [5.41, 5.74) is 0.801. The molecule has 2 aliphatic heterocycles. The first-order valence-corrected chi connectivity index (χ1v) is 10.7. The van der Waals surface area contributed by atoms with Crippen LogP contribution in [-0.4, -0.2) is 29.6 Å². The van der Waals surface area contributed by atoms with Crippen molar-refractivity contribution in [1.82, 2.24) is 4.90 Å². The molecule has 0 N–H and O–H groups in total. The molecule has 4 heteroatoms. The summed E-state index contributed by atoms with van der Waals surface area (Å²) in [5, 5.41) is 0.728. The summed E-state index contributed by atoms with van der Waals surface area (Å²) in [6.45, 7) is 8.96. The molecule has 0 saturated carbocycles. The number of allylic oxidation sites excluding steroid dienone is 1. The number of carbonyl (C=O) groups is 1. The maximum atomic E-state index is 13.7. The number of hydrogen-bond donors (Lipinski definition) is 0. The second-order valence-electron chi connectivity index (χ2n) is 8.25. The average molecular weight is 390 g/mol. The summed E-state index contributed by atoms with van der Waals surface area (Å²) in [5.74, 6) is 0.245. The molecule has 4 atom stereocenters. The van der Waals surface area contributed by atoms with Crippen molar-refractivity contribution in [1.29, 1.82) is 0 Å². The zero-order valence-electron chi connectivity index (χ0n) is 16.6. The lowest BCUT2D eigenvalue weighted by Crippen LogP contribution is -2.56. The highest BCUT2D eigenvalue weighted by atomic mass is 35.5. The Balaban J connectivity index is 1.97. The van der Waals surface area contributed by atoms with E-state index in [0.717, 1.165) is 50.2 Å². The second kappa shape index (κ2) is 8.79. The van der Waals surface area contributed by atoms with E-state index in [1.54, 1.807) is 0 Å². The molecule has 0 radical (unpaired) electrons. The van der Waals surface area contributed by atoms with Crippen LogP contribution in [-0.2, 0) is 9.53 Å². The number of ether oxygens (including phenoxy) is 1. The normalized spacial score (nSPS) is 30.2. The molecular formula is C23H32ClNO2. The molecule has 0 spiro atoms. The van der Waals surface area contributed by atoms with Gasteiger partial charge in [0.25, 0.3) is 0 Å². The summed E-state index contributed by atoms with van der Waals surface area (Å²) < 4.78 is 6.13. The summed E-state index contributed by atoms with van der Waals surface area (Å²) in [7, 11) is 0. The van der Waals surface area contributed by atoms with Crippen molar-refractivity contribution in [3.8, 4) is 0 Å². The van der Waals surface area contributed by atoms with Crippen LogP contribution < -0.4 is 0 Å². The highest BCUT2D eigenvalue weighted by Crippen LogP contribution is 2.45. The van der Waals surface area contributed by atoms with Gasteiger partial charge in [-0.05, 0) is 62.6 Å². The van der Waals surface area contributed by atoms with Crippen molar-refractivity contribution in [2.45, 2.75) is 77.0 Å². The molecule has 0 aliphatic carbocycles. The van der Waals surface area contributed by atoms with Crippen LogP contribution in [0.1, 0.15) is 70.4 Å². The highest BCUT2D eigenvalue weighted by Gasteiger charge is 2.47. The van der Waals surface area contributed by atoms with Gasteiger partial charge in [-0.3, -0.25) is 4.79 Å². The van der Waals surface area contributed by atoms with Crippen molar-refractivity contribution < 1.29 is 9.53 Å². The average Bonchev–Trinajstić information content (AvgIpc) is 2.68. The largest absolute Gasteiger partial charge is 0.376 e. The Labute approximate surface area is 168 Å². The van der Waals surface area contributed by atoms with Crippen molar-refractivity contribution in [3.05, 3.63) is 47.5 Å². The van der Waals surface area contributed by atoms with Gasteiger partial charge in [-0.25, -0.2) is 0 Å². The molecule has 1 unspecified atom stereocenters. The molecule has 27 heavy (non-hydrogen) atoms. The van der Waals surface area contributed by atoms with Gasteiger partial charge in [0.1, 0.15) is 0 Å². The van der Waals surface area contributed by atoms with Gasteiger partial charge in [-0.1, -0.05) is 43.7 Å². The molecule has 1 aromatic carbocycles. The van der Waals surface area contributed by atoms with E-state index < -0.39 is 0 Å². The zero-order valence-corrected chi connectivity index (χ0v) is 17.4. The van der Waals surface area contributed by atoms with Gasteiger partial charge >= 0.3 is 0 Å². The van der Waals surface area contributed by atoms with Crippen molar-refractivity contribution in [2.75, 3.05) is 6.61 Å². The Morgan fingerprint density at radius 2 is 2.07 bits per heavy atom. The van der Waals surface area contributed by atoms with Crippen LogP contribution in [0.2, 0.25) is 5.02 Å². The standard InChI is InChI=1S/C23H32ClNO2/c1-4-14-23(3)15-13-20(17-9-11-18(24)12-10-17)25(22(23)26)19(5-2)21-8-6-7-16-27-21/h4,9-12,19-21H,1,5-8,13-16H2,2-3H3/t19-,20-,21?,23-/m0/s1. The van der Waals surface area contributed by atoms with Crippen LogP contribution in [0.25, 0.3) is 0 Å². The molecule has 2 fully saturated rings. The van der Waals surface area contributed by atoms with Gasteiger partial charge in [-0.2, -0.15) is 0 Å². The van der Waals surface area contributed by atoms with Crippen molar-refractivity contribution >= 4 is 17.5 Å². The number of piperidine rings is 1. The third-order valence-corrected chi connectivity index (χ3v) is 6.58. The molecule has 2 saturated heterocycles. The Kier molecular flexibility index (Phi) is 6.65. The molecule has 148 valence electrons. The SMILES string of the molecule is C=CC[C@@]1(C)CC[C@@H](c2ccc(Cl)cc2)N([C@@H](CC)C2CCCCO2)C1=O. The maximum absolute atomic E-state index is 13.7. The van der Waals surface area contributed by atoms with E-state index in [9.17, 15) is 4.79 Å². The maximum Gasteiger partial charge on any atom is 0.229 e. The number of benzene rings is 1. The minimum atomic E-state index is -0.368. The van der Waals surface area contributed by atoms with E-state index in [4.69, 9.17) is 16.3 Å². The number of rotatable bonds is 6. The topological polar surface area (TPSA) is 29.5 Å². The van der Waals surface area contributed by atoms with Gasteiger partial charge in [0.2, 0.25) is 5.91 Å². The van der Waals surface area contributed by atoms with Crippen LogP contribution in [0.15, 0.2) is 36.9 Å². The Morgan fingerprint density at radius 3 is 2.67 bits per heavy atom. The predicted octanol–water partition coefficient (Wildman–Crippen LogP) is 5.93. The van der Waals surface area contributed by atoms with Crippen LogP contribution in [0.3, 0.4) is 0 Å². The minimum absolute atomic E-state index is 0.0862. The van der Waals surface area contributed by atoms with E-state index in [0.29, 0.717) is 0 Å². The first-order chi connectivity index (χ1) is 13.0. The van der Waals surface area contributed by atoms with E-state index in [1.165, 1.54) is 12.0 Å². The van der Waals surface area contributed by atoms with Crippen molar-refractivity contribution in [2.24, 2.45) is 5.41 Å². The third kappa shape index (κ3) is 4.25.